The van der Waals surface area contributed by atoms with Gasteiger partial charge in [0.05, 0.1) is 9.93 Å². The molecule has 28 heavy (non-hydrogen) atoms. The van der Waals surface area contributed by atoms with Crippen LogP contribution in [0.3, 0.4) is 0 Å². The maximum Gasteiger partial charge on any atom is 0.238 e. The third-order valence-corrected chi connectivity index (χ3v) is 6.42. The summed E-state index contributed by atoms with van der Waals surface area (Å²) in [5.41, 5.74) is 0.977. The van der Waals surface area contributed by atoms with Crippen LogP contribution in [0.1, 0.15) is 22.3 Å². The van der Waals surface area contributed by atoms with E-state index < -0.39 is 4.39 Å². The van der Waals surface area contributed by atoms with Gasteiger partial charge in [-0.3, -0.25) is 4.79 Å². The third kappa shape index (κ3) is 4.39. The van der Waals surface area contributed by atoms with E-state index in [4.69, 9.17) is 32.7 Å². The minimum Gasteiger partial charge on any atom is -0.461 e. The fourth-order valence-electron chi connectivity index (χ4n) is 2.68. The lowest BCUT2D eigenvalue weighted by Crippen LogP contribution is -2.22. The Hall–Kier alpha value is -1.92. The highest BCUT2D eigenvalue weighted by atomic mass is 35.5. The molecule has 1 unspecified atom stereocenters. The molecule has 0 amide bonds. The molecular weight excluding hydrogens is 435 g/mol. The molecule has 0 N–H and O–H groups in total. The summed E-state index contributed by atoms with van der Waals surface area (Å²) < 4.78 is 11.2. The molecule has 0 radical (unpaired) electrons. The predicted molar refractivity (Wildman–Crippen MR) is 116 cm³/mol. The molecule has 0 saturated heterocycles. The zero-order valence-corrected chi connectivity index (χ0v) is 17.6. The van der Waals surface area contributed by atoms with Gasteiger partial charge in [0.15, 0.2) is 5.78 Å². The van der Waals surface area contributed by atoms with Crippen molar-refractivity contribution in [1.82, 2.24) is 0 Å². The molecule has 0 spiro atoms. The molecule has 7 heteroatoms. The molecule has 3 nitrogen and oxygen atoms in total. The van der Waals surface area contributed by atoms with Crippen LogP contribution in [0.4, 0.5) is 0 Å². The van der Waals surface area contributed by atoms with E-state index in [0.717, 1.165) is 5.75 Å². The van der Waals surface area contributed by atoms with Crippen LogP contribution in [0, 0.1) is 0 Å². The average Bonchev–Trinajstić information content (AvgIpc) is 3.32. The number of thiophene rings is 1. The molecule has 1 atom stereocenters. The molecule has 1 aromatic heterocycles. The molecule has 4 rings (SSSR count). The number of halogens is 2. The Bertz CT molecular complexity index is 1020. The average molecular weight is 449 g/mol. The zero-order valence-electron chi connectivity index (χ0n) is 14.4. The number of hydrogen-bond donors (Lipinski definition) is 0. The molecule has 1 aliphatic heterocycles. The molecule has 0 fully saturated rings. The number of ketones is 1. The summed E-state index contributed by atoms with van der Waals surface area (Å²) in [6, 6.07) is 16.0. The molecular formula is C21H14Cl2O3S2. The Morgan fingerprint density at radius 2 is 1.82 bits per heavy atom. The van der Waals surface area contributed by atoms with Gasteiger partial charge in [0, 0.05) is 17.4 Å². The summed E-state index contributed by atoms with van der Waals surface area (Å²) in [4.78, 5) is 13.0. The Morgan fingerprint density at radius 1 is 1.04 bits per heavy atom. The molecule has 0 saturated carbocycles. The van der Waals surface area contributed by atoms with Crippen molar-refractivity contribution >= 4 is 52.1 Å². The van der Waals surface area contributed by atoms with E-state index in [2.05, 4.69) is 0 Å². The summed E-state index contributed by atoms with van der Waals surface area (Å²) >= 11 is 15.3. The van der Waals surface area contributed by atoms with Gasteiger partial charge in [-0.2, -0.15) is 0 Å². The summed E-state index contributed by atoms with van der Waals surface area (Å²) in [5.74, 6) is 1.72. The lowest BCUT2D eigenvalue weighted by molar-refractivity contribution is 0.103. The van der Waals surface area contributed by atoms with Crippen LogP contribution < -0.4 is 9.47 Å². The van der Waals surface area contributed by atoms with Crippen LogP contribution in [0.2, 0.25) is 0 Å². The first kappa shape index (κ1) is 19.4. The largest absolute Gasteiger partial charge is 0.461 e. The fraction of sp³-hybridized carbons (Fsp3) is 0.0952. The lowest BCUT2D eigenvalue weighted by Gasteiger charge is -2.23. The smallest absolute Gasteiger partial charge is 0.238 e. The maximum atomic E-state index is 13.0. The van der Waals surface area contributed by atoms with E-state index in [1.54, 1.807) is 65.9 Å². The van der Waals surface area contributed by atoms with E-state index in [0.29, 0.717) is 33.4 Å². The van der Waals surface area contributed by atoms with Crippen LogP contribution in [-0.4, -0.2) is 10.2 Å². The second-order valence-electron chi connectivity index (χ2n) is 5.99. The van der Waals surface area contributed by atoms with Crippen molar-refractivity contribution in [2.45, 2.75) is 10.8 Å². The van der Waals surface area contributed by atoms with Gasteiger partial charge >= 0.3 is 0 Å². The number of carbonyl (C=O) groups excluding carboxylic acids is 1. The number of carbonyl (C=O) groups is 1. The topological polar surface area (TPSA) is 35.5 Å². The van der Waals surface area contributed by atoms with Crippen LogP contribution in [0.25, 0.3) is 0 Å². The monoisotopic (exact) mass is 448 g/mol. The van der Waals surface area contributed by atoms with Crippen molar-refractivity contribution in [3.8, 4) is 17.2 Å². The van der Waals surface area contributed by atoms with E-state index in [1.807, 2.05) is 16.8 Å². The minimum atomic E-state index is -1.04. The van der Waals surface area contributed by atoms with Crippen molar-refractivity contribution in [2.75, 3.05) is 0 Å². The number of thioether (sulfide) groups is 1. The normalized spacial score (nSPS) is 18.6. The Labute approximate surface area is 180 Å². The first-order valence-corrected chi connectivity index (χ1v) is 10.9. The van der Waals surface area contributed by atoms with E-state index >= 15 is 0 Å². The van der Waals surface area contributed by atoms with Gasteiger partial charge in [-0.05, 0) is 59.6 Å². The van der Waals surface area contributed by atoms with Gasteiger partial charge in [-0.15, -0.1) is 11.3 Å². The quantitative estimate of drug-likeness (QED) is 0.293. The van der Waals surface area contributed by atoms with Crippen molar-refractivity contribution in [3.05, 3.63) is 86.9 Å². The number of rotatable bonds is 6. The predicted octanol–water partition coefficient (Wildman–Crippen LogP) is 7.26. The van der Waals surface area contributed by atoms with Crippen LogP contribution >= 0.6 is 46.3 Å². The van der Waals surface area contributed by atoms with Gasteiger partial charge in [0.25, 0.3) is 0 Å². The second-order valence-corrected chi connectivity index (χ2v) is 9.54. The van der Waals surface area contributed by atoms with E-state index in [-0.39, 0.29) is 5.78 Å². The zero-order chi connectivity index (χ0) is 19.6. The highest BCUT2D eigenvalue weighted by Gasteiger charge is 2.36. The second kappa shape index (κ2) is 8.21. The summed E-state index contributed by atoms with van der Waals surface area (Å²) in [5, 5.41) is 3.86. The highest BCUT2D eigenvalue weighted by molar-refractivity contribution is 8.07. The van der Waals surface area contributed by atoms with Gasteiger partial charge < -0.3 is 9.47 Å². The van der Waals surface area contributed by atoms with Gasteiger partial charge in [0.1, 0.15) is 17.2 Å². The summed E-state index contributed by atoms with van der Waals surface area (Å²) in [7, 11) is 0. The van der Waals surface area contributed by atoms with E-state index in [9.17, 15) is 4.79 Å². The minimum absolute atomic E-state index is 0.153. The molecule has 2 aromatic carbocycles. The number of benzene rings is 2. The van der Waals surface area contributed by atoms with Crippen LogP contribution in [-0.2, 0) is 0 Å². The summed E-state index contributed by atoms with van der Waals surface area (Å²) in [6.45, 7) is 0. The standard InChI is InChI=1S/C21H14Cl2O3S2/c22-19-9-11-21(23,28-19)26-18-4-2-1-3-17(18)20(24)14-5-7-15(8-6-14)25-16-10-12-27-13-16/h1-10,12-13H,11H2. The van der Waals surface area contributed by atoms with Crippen molar-refractivity contribution in [2.24, 2.45) is 0 Å². The number of para-hydroxylation sites is 1. The first-order chi connectivity index (χ1) is 13.5. The van der Waals surface area contributed by atoms with Crippen molar-refractivity contribution in [3.63, 3.8) is 0 Å². The van der Waals surface area contributed by atoms with E-state index in [1.165, 1.54) is 11.8 Å². The van der Waals surface area contributed by atoms with Crippen LogP contribution in [0.15, 0.2) is 75.8 Å². The fourth-order valence-corrected chi connectivity index (χ4v) is 4.96. The maximum absolute atomic E-state index is 13.0. The molecule has 3 aromatic rings. The Morgan fingerprint density at radius 3 is 2.50 bits per heavy atom. The van der Waals surface area contributed by atoms with Gasteiger partial charge in [0.2, 0.25) is 4.39 Å². The number of ether oxygens (including phenoxy) is 2. The highest BCUT2D eigenvalue weighted by Crippen LogP contribution is 2.48. The van der Waals surface area contributed by atoms with Crippen molar-refractivity contribution in [1.29, 1.82) is 0 Å². The van der Waals surface area contributed by atoms with Gasteiger partial charge in [-0.1, -0.05) is 41.4 Å². The van der Waals surface area contributed by atoms with Crippen LogP contribution in [0.5, 0.6) is 17.2 Å². The number of hydrogen-bond acceptors (Lipinski definition) is 5. The first-order valence-electron chi connectivity index (χ1n) is 8.39. The van der Waals surface area contributed by atoms with Gasteiger partial charge in [-0.25, -0.2) is 0 Å². The van der Waals surface area contributed by atoms with Crippen molar-refractivity contribution < 1.29 is 14.3 Å². The third-order valence-electron chi connectivity index (χ3n) is 4.00. The molecule has 142 valence electrons. The molecule has 2 heterocycles. The molecule has 0 bridgehead atoms. The summed E-state index contributed by atoms with van der Waals surface area (Å²) in [6.07, 6.45) is 2.26. The number of alkyl halides is 1. The molecule has 0 aliphatic carbocycles. The molecule has 1 aliphatic rings. The Balaban J connectivity index is 1.53. The SMILES string of the molecule is O=C(c1ccc(Oc2ccsc2)cc1)c1ccccc1OC1(Cl)CC=C(Cl)S1. The Kier molecular flexibility index (Phi) is 5.69. The lowest BCUT2D eigenvalue weighted by atomic mass is 10.0.